The molecule has 8 fully saturated rings. The van der Waals surface area contributed by atoms with E-state index in [-0.39, 0.29) is 56.1 Å². The number of aliphatic hydroxyl groups is 3. The molecule has 0 aromatic heterocycles. The SMILES string of the molecule is CC1(C)O[C@@H]2C[C@H]3[C@@H]4CCC5=CC(=O)C=C[C@]5(C)[C@@]4(F)[C@@H](O)C[C@]3(C)[C@]2(C(=O)CO)O1.CCOP(=O)(COCC(=O)[C@@]12OC(C)(C)O[C@@H]1C[C@H]1[C@@H]3CCC4=CC(=O)C=C[C@]4(C)[C@@]3(F)[C@@H](O)C[C@@]12C)OCC.CCOP(C)(=O)COS(=O)(=O)C(F)(F)F. The van der Waals surface area contributed by atoms with E-state index in [0.29, 0.717) is 44.1 Å². The maximum absolute atomic E-state index is 17.5. The predicted octanol–water partition coefficient (Wildman–Crippen LogP) is 8.84. The van der Waals surface area contributed by atoms with Crippen molar-refractivity contribution in [1.29, 1.82) is 0 Å². The number of hydrogen-bond donors (Lipinski definition) is 3. The Bertz CT molecular complexity index is 3050. The number of ether oxygens (including phenoxy) is 5. The molecule has 0 amide bonds. The highest BCUT2D eigenvalue weighted by atomic mass is 32.2. The van der Waals surface area contributed by atoms with Crippen molar-refractivity contribution in [3.8, 4) is 0 Å². The molecule has 10 aliphatic rings. The molecule has 2 aliphatic heterocycles. The van der Waals surface area contributed by atoms with Crippen LogP contribution in [0.5, 0.6) is 0 Å². The van der Waals surface area contributed by atoms with Crippen molar-refractivity contribution in [2.24, 2.45) is 45.3 Å². The maximum atomic E-state index is 17.5. The molecule has 2 saturated heterocycles. The van der Waals surface area contributed by atoms with Crippen LogP contribution < -0.4 is 0 Å². The summed E-state index contributed by atoms with van der Waals surface area (Å²) in [5.74, 6) is -5.06. The van der Waals surface area contributed by atoms with Crippen LogP contribution >= 0.6 is 15.0 Å². The number of carbonyl (C=O) groups is 4. The highest BCUT2D eigenvalue weighted by Gasteiger charge is 2.82. The number of halogens is 5. The fourth-order valence-corrected chi connectivity index (χ4v) is 20.5. The Hall–Kier alpha value is -2.78. The monoisotopic (exact) mass is 1290 g/mol. The van der Waals surface area contributed by atoms with Crippen molar-refractivity contribution in [3.05, 3.63) is 47.6 Å². The second-order valence-corrected chi connectivity index (χ2v) is 32.3. The van der Waals surface area contributed by atoms with Gasteiger partial charge in [-0.1, -0.05) is 37.1 Å². The topological polar surface area (TPSA) is 280 Å². The van der Waals surface area contributed by atoms with Gasteiger partial charge in [0.05, 0.1) is 44.2 Å². The summed E-state index contributed by atoms with van der Waals surface area (Å²) in [7, 11) is -12.7. The quantitative estimate of drug-likeness (QED) is 0.0563. The van der Waals surface area contributed by atoms with Gasteiger partial charge in [-0.15, -0.1) is 0 Å². The fourth-order valence-electron chi connectivity index (χ4n) is 17.1. The van der Waals surface area contributed by atoms with E-state index in [9.17, 15) is 65.2 Å². The van der Waals surface area contributed by atoms with Crippen LogP contribution in [-0.4, -0.2) is 163 Å². The summed E-state index contributed by atoms with van der Waals surface area (Å²) in [6, 6.07) is 0. The Morgan fingerprint density at radius 2 is 1.08 bits per heavy atom. The normalized spacial score (nSPS) is 42.0. The van der Waals surface area contributed by atoms with Gasteiger partial charge < -0.3 is 52.6 Å². The summed E-state index contributed by atoms with van der Waals surface area (Å²) in [6.07, 6.45) is 6.17. The number of fused-ring (bicyclic) bond motifs is 14. The molecule has 6 saturated carbocycles. The number of allylic oxidation sites excluding steroid dienone is 8. The third-order valence-corrected chi connectivity index (χ3v) is 24.9. The lowest BCUT2D eigenvalue weighted by Gasteiger charge is -2.62. The van der Waals surface area contributed by atoms with Crippen LogP contribution in [0.4, 0.5) is 22.0 Å². The third kappa shape index (κ3) is 10.8. The summed E-state index contributed by atoms with van der Waals surface area (Å²) >= 11 is 0. The number of Topliss-reactive ketones (excluding diaryl/α,β-unsaturated/α-hetero) is 2. The van der Waals surface area contributed by atoms with Gasteiger partial charge >= 0.3 is 23.2 Å². The molecule has 8 aliphatic carbocycles. The minimum absolute atomic E-state index is 0.0107. The number of carbonyl (C=O) groups excluding carboxylic acids is 4. The molecule has 17 atom stereocenters. The summed E-state index contributed by atoms with van der Waals surface area (Å²) in [5.41, 5.74) is -15.1. The standard InChI is InChI=1S/C29H42FO9P.C24H31FO6.C5H10F3O5PS/c1-7-36-40(34,37-8-2)17-35-16-23(33)29-24(38-25(3,4)39-29)14-21-20-10-9-18-13-19(31)11-12-26(18,5)28(20,30)22(32)15-27(21,29)6;1-20(2)30-19-10-16-15-6-5-13-9-14(27)7-8-21(13,3)23(15,25)17(28)11-22(16,4)24(19,31-20)18(29)12-26;1-3-12-14(2,9)4-13-15(10,11)5(6,7)8/h11-13,20-22,24,32H,7-10,14-17H2,1-6H3;7-9,15-17,19,26,28H,5-6,10-12H2,1-4H3;3-4H2,1-2H3/t20-,21-,22-,24+,26-,27-,28-,29+;15-,16-,17-,19+,21-,22-,23-,24+;/m00./s1. The molecule has 86 heavy (non-hydrogen) atoms. The first-order valence-corrected chi connectivity index (χ1v) is 34.6. The van der Waals surface area contributed by atoms with E-state index in [1.807, 2.05) is 13.8 Å². The van der Waals surface area contributed by atoms with E-state index >= 15 is 8.78 Å². The Balaban J connectivity index is 0.000000185. The van der Waals surface area contributed by atoms with Crippen molar-refractivity contribution in [2.75, 3.05) is 52.4 Å². The van der Waals surface area contributed by atoms with Gasteiger partial charge in [0.15, 0.2) is 57.2 Å². The second kappa shape index (κ2) is 23.1. The molecule has 0 spiro atoms. The van der Waals surface area contributed by atoms with Crippen molar-refractivity contribution >= 4 is 48.2 Å². The summed E-state index contributed by atoms with van der Waals surface area (Å²) < 4.78 is 164. The van der Waals surface area contributed by atoms with E-state index in [2.05, 4.69) is 8.71 Å². The third-order valence-electron chi connectivity index (χ3n) is 20.5. The van der Waals surface area contributed by atoms with Gasteiger partial charge in [0.25, 0.3) is 0 Å². The van der Waals surface area contributed by atoms with Gasteiger partial charge in [-0.3, -0.25) is 32.5 Å². The Kier molecular flexibility index (Phi) is 18.6. The number of alkyl halides is 5. The van der Waals surface area contributed by atoms with Gasteiger partial charge in [0.1, 0.15) is 25.9 Å². The van der Waals surface area contributed by atoms with Crippen molar-refractivity contribution in [2.45, 2.75) is 192 Å². The van der Waals surface area contributed by atoms with Crippen LogP contribution in [0.2, 0.25) is 0 Å². The van der Waals surface area contributed by atoms with Gasteiger partial charge in [0, 0.05) is 40.2 Å². The molecule has 20 nitrogen and oxygen atoms in total. The average Bonchev–Trinajstić information content (AvgIpc) is 1.41. The first-order chi connectivity index (χ1) is 39.5. The van der Waals surface area contributed by atoms with Gasteiger partial charge in [-0.2, -0.15) is 21.6 Å². The molecular weight excluding hydrogens is 1210 g/mol. The van der Waals surface area contributed by atoms with Crippen LogP contribution in [0.15, 0.2) is 47.6 Å². The zero-order valence-electron chi connectivity index (χ0n) is 50.7. The highest BCUT2D eigenvalue weighted by Crippen LogP contribution is 2.74. The van der Waals surface area contributed by atoms with E-state index in [4.69, 9.17) is 32.7 Å². The molecule has 0 aromatic rings. The Morgan fingerprint density at radius 1 is 0.674 bits per heavy atom. The lowest BCUT2D eigenvalue weighted by molar-refractivity contribution is -0.246. The first kappa shape index (κ1) is 69.1. The fraction of sp³-hybridized carbons (Fsp3) is 0.793. The van der Waals surface area contributed by atoms with E-state index in [1.54, 1.807) is 67.5 Å². The van der Waals surface area contributed by atoms with E-state index in [1.165, 1.54) is 31.2 Å². The van der Waals surface area contributed by atoms with Crippen LogP contribution in [0.25, 0.3) is 0 Å². The minimum Gasteiger partial charge on any atom is -0.390 e. The molecule has 3 N–H and O–H groups in total. The smallest absolute Gasteiger partial charge is 0.390 e. The van der Waals surface area contributed by atoms with E-state index < -0.39 is 160 Å². The molecule has 10 rings (SSSR count). The van der Waals surface area contributed by atoms with Gasteiger partial charge in [-0.25, -0.2) is 8.78 Å². The molecule has 0 aromatic carbocycles. The number of ketones is 4. The van der Waals surface area contributed by atoms with E-state index in [0.717, 1.165) is 12.2 Å². The van der Waals surface area contributed by atoms with Gasteiger partial charge in [0.2, 0.25) is 7.37 Å². The zero-order chi connectivity index (χ0) is 64.3. The summed E-state index contributed by atoms with van der Waals surface area (Å²) in [4.78, 5) is 51.3. The first-order valence-electron chi connectivity index (χ1n) is 29.2. The maximum Gasteiger partial charge on any atom is 0.523 e. The van der Waals surface area contributed by atoms with Crippen LogP contribution in [0.1, 0.15) is 128 Å². The van der Waals surface area contributed by atoms with Gasteiger partial charge in [-0.05, 0) is 150 Å². The largest absolute Gasteiger partial charge is 0.523 e. The molecule has 2 heterocycles. The van der Waals surface area contributed by atoms with Crippen molar-refractivity contribution in [3.63, 3.8) is 0 Å². The average molecular weight is 1290 g/mol. The molecule has 0 bridgehead atoms. The lowest BCUT2D eigenvalue weighted by atomic mass is 9.44. The number of aliphatic hydroxyl groups excluding tert-OH is 3. The molecule has 486 valence electrons. The van der Waals surface area contributed by atoms with Crippen molar-refractivity contribution in [1.82, 2.24) is 0 Å². The Labute approximate surface area is 498 Å². The molecule has 0 radical (unpaired) electrons. The van der Waals surface area contributed by atoms with Crippen LogP contribution in [-0.2, 0) is 79.9 Å². The number of rotatable bonds is 16. The molecule has 1 unspecified atom stereocenters. The zero-order valence-corrected chi connectivity index (χ0v) is 53.3. The van der Waals surface area contributed by atoms with Crippen LogP contribution in [0, 0.1) is 45.3 Å². The second-order valence-electron chi connectivity index (χ2n) is 26.2. The summed E-state index contributed by atoms with van der Waals surface area (Å²) in [5, 5.41) is 32.8. The predicted molar refractivity (Wildman–Crippen MR) is 298 cm³/mol. The minimum atomic E-state index is -5.70. The van der Waals surface area contributed by atoms with Crippen molar-refractivity contribution < 1.29 is 115 Å². The Morgan fingerprint density at radius 3 is 1.47 bits per heavy atom. The molecule has 28 heteroatoms. The lowest BCUT2D eigenvalue weighted by Crippen LogP contribution is -2.70. The summed E-state index contributed by atoms with van der Waals surface area (Å²) in [6.45, 7) is 19.3. The molecular formula is C58H83F5O20P2S. The highest BCUT2D eigenvalue weighted by molar-refractivity contribution is 7.87. The number of hydrogen-bond acceptors (Lipinski definition) is 20. The van der Waals surface area contributed by atoms with Crippen LogP contribution in [0.3, 0.4) is 0 Å².